The summed E-state index contributed by atoms with van der Waals surface area (Å²) in [5.74, 6) is -0.127. The van der Waals surface area contributed by atoms with E-state index in [9.17, 15) is 9.59 Å². The van der Waals surface area contributed by atoms with Gasteiger partial charge in [0, 0.05) is 19.5 Å². The summed E-state index contributed by atoms with van der Waals surface area (Å²) in [5.41, 5.74) is 0. The molecule has 2 aliphatic heterocycles. The first-order valence-corrected chi connectivity index (χ1v) is 5.51. The zero-order chi connectivity index (χ0) is 11.5. The molecule has 0 aromatic rings. The van der Waals surface area contributed by atoms with Crippen LogP contribution in [-0.2, 0) is 14.3 Å². The third kappa shape index (κ3) is 2.33. The first-order valence-electron chi connectivity index (χ1n) is 5.51. The molecule has 2 aliphatic rings. The van der Waals surface area contributed by atoms with E-state index in [-0.39, 0.29) is 30.6 Å². The lowest BCUT2D eigenvalue weighted by molar-refractivity contribution is -0.142. The normalized spacial score (nSPS) is 30.3. The maximum Gasteiger partial charge on any atom is 0.245 e. The summed E-state index contributed by atoms with van der Waals surface area (Å²) in [4.78, 5) is 24.6. The summed E-state index contributed by atoms with van der Waals surface area (Å²) in [6, 6.07) is -0.384. The average Bonchev–Trinajstić information content (AvgIpc) is 2.75. The number of ether oxygens (including phenoxy) is 1. The smallest absolute Gasteiger partial charge is 0.245 e. The number of rotatable bonds is 2. The number of amides is 2. The van der Waals surface area contributed by atoms with Gasteiger partial charge in [0.15, 0.2) is 0 Å². The van der Waals surface area contributed by atoms with E-state index < -0.39 is 0 Å². The molecule has 0 aromatic heterocycles. The van der Waals surface area contributed by atoms with Crippen LogP contribution < -0.4 is 5.32 Å². The molecular formula is C10H16N2O4. The number of hydrogen-bond donors (Lipinski definition) is 2. The molecule has 2 atom stereocenters. The van der Waals surface area contributed by atoms with Crippen molar-refractivity contribution in [1.82, 2.24) is 10.2 Å². The molecule has 6 nitrogen and oxygen atoms in total. The number of aliphatic hydroxyl groups is 1. The van der Waals surface area contributed by atoms with Crippen molar-refractivity contribution in [3.63, 3.8) is 0 Å². The van der Waals surface area contributed by atoms with Crippen molar-refractivity contribution < 1.29 is 19.4 Å². The highest BCUT2D eigenvalue weighted by Gasteiger charge is 2.33. The first kappa shape index (κ1) is 11.3. The summed E-state index contributed by atoms with van der Waals surface area (Å²) in [6.07, 6.45) is 0.693. The lowest BCUT2D eigenvalue weighted by Crippen LogP contribution is -2.52. The molecule has 0 radical (unpaired) electrons. The second-order valence-corrected chi connectivity index (χ2v) is 4.12. The monoisotopic (exact) mass is 228 g/mol. The van der Waals surface area contributed by atoms with Gasteiger partial charge in [0.1, 0.15) is 6.04 Å². The zero-order valence-corrected chi connectivity index (χ0v) is 9.02. The number of hydrogen-bond acceptors (Lipinski definition) is 4. The standard InChI is InChI=1S/C10H16N2O4/c13-6-7-5-12(3-4-16-7)10(15)8-1-2-9(14)11-8/h7-8,13H,1-6H2,(H,11,14)/t7?,8-/m1/s1. The van der Waals surface area contributed by atoms with Crippen molar-refractivity contribution in [2.75, 3.05) is 26.3 Å². The second kappa shape index (κ2) is 4.80. The molecule has 0 saturated carbocycles. The summed E-state index contributed by atoms with van der Waals surface area (Å²) >= 11 is 0. The van der Waals surface area contributed by atoms with Crippen LogP contribution in [0.2, 0.25) is 0 Å². The molecule has 0 aromatic carbocycles. The van der Waals surface area contributed by atoms with Crippen LogP contribution in [0.25, 0.3) is 0 Å². The third-order valence-electron chi connectivity index (χ3n) is 2.95. The Morgan fingerprint density at radius 1 is 1.62 bits per heavy atom. The molecule has 6 heteroatoms. The Morgan fingerprint density at radius 3 is 3.06 bits per heavy atom. The van der Waals surface area contributed by atoms with Crippen molar-refractivity contribution in [3.8, 4) is 0 Å². The number of aliphatic hydroxyl groups excluding tert-OH is 1. The van der Waals surface area contributed by atoms with E-state index in [1.54, 1.807) is 4.90 Å². The molecule has 16 heavy (non-hydrogen) atoms. The fourth-order valence-corrected chi connectivity index (χ4v) is 2.05. The van der Waals surface area contributed by atoms with Gasteiger partial charge in [-0.2, -0.15) is 0 Å². The lowest BCUT2D eigenvalue weighted by Gasteiger charge is -2.33. The largest absolute Gasteiger partial charge is 0.394 e. The van der Waals surface area contributed by atoms with Crippen LogP contribution in [0.15, 0.2) is 0 Å². The van der Waals surface area contributed by atoms with Gasteiger partial charge in [0.25, 0.3) is 0 Å². The van der Waals surface area contributed by atoms with Gasteiger partial charge in [-0.15, -0.1) is 0 Å². The van der Waals surface area contributed by atoms with Crippen LogP contribution in [-0.4, -0.2) is 60.3 Å². The van der Waals surface area contributed by atoms with Crippen LogP contribution in [0.5, 0.6) is 0 Å². The molecule has 0 aliphatic carbocycles. The van der Waals surface area contributed by atoms with E-state index in [0.29, 0.717) is 32.5 Å². The highest BCUT2D eigenvalue weighted by Crippen LogP contribution is 2.12. The van der Waals surface area contributed by atoms with Crippen LogP contribution >= 0.6 is 0 Å². The maximum absolute atomic E-state index is 12.0. The number of nitrogens with zero attached hydrogens (tertiary/aromatic N) is 1. The molecule has 2 rings (SSSR count). The van der Waals surface area contributed by atoms with Crippen molar-refractivity contribution in [3.05, 3.63) is 0 Å². The van der Waals surface area contributed by atoms with Gasteiger partial charge in [0.2, 0.25) is 11.8 Å². The van der Waals surface area contributed by atoms with Crippen molar-refractivity contribution in [2.24, 2.45) is 0 Å². The van der Waals surface area contributed by atoms with Crippen LogP contribution in [0.3, 0.4) is 0 Å². The zero-order valence-electron chi connectivity index (χ0n) is 9.02. The van der Waals surface area contributed by atoms with Gasteiger partial charge in [-0.05, 0) is 6.42 Å². The van der Waals surface area contributed by atoms with Gasteiger partial charge in [0.05, 0.1) is 19.3 Å². The van der Waals surface area contributed by atoms with Crippen molar-refractivity contribution in [2.45, 2.75) is 25.0 Å². The molecular weight excluding hydrogens is 212 g/mol. The van der Waals surface area contributed by atoms with Gasteiger partial charge in [-0.25, -0.2) is 0 Å². The fraction of sp³-hybridized carbons (Fsp3) is 0.800. The van der Waals surface area contributed by atoms with Crippen LogP contribution in [0.1, 0.15) is 12.8 Å². The van der Waals surface area contributed by atoms with Crippen molar-refractivity contribution >= 4 is 11.8 Å². The number of carbonyl (C=O) groups excluding carboxylic acids is 2. The molecule has 2 heterocycles. The van der Waals surface area contributed by atoms with E-state index in [4.69, 9.17) is 9.84 Å². The fourth-order valence-electron chi connectivity index (χ4n) is 2.05. The minimum Gasteiger partial charge on any atom is -0.394 e. The minimum absolute atomic E-state index is 0.0624. The van der Waals surface area contributed by atoms with E-state index in [1.807, 2.05) is 0 Å². The summed E-state index contributed by atoms with van der Waals surface area (Å²) in [7, 11) is 0. The van der Waals surface area contributed by atoms with Crippen LogP contribution in [0.4, 0.5) is 0 Å². The molecule has 1 unspecified atom stereocenters. The molecule has 2 saturated heterocycles. The van der Waals surface area contributed by atoms with E-state index in [1.165, 1.54) is 0 Å². The van der Waals surface area contributed by atoms with E-state index in [0.717, 1.165) is 0 Å². The topological polar surface area (TPSA) is 78.9 Å². The Hall–Kier alpha value is -1.14. The molecule has 2 N–H and O–H groups in total. The maximum atomic E-state index is 12.0. The molecule has 2 amide bonds. The number of nitrogens with one attached hydrogen (secondary N) is 1. The van der Waals surface area contributed by atoms with Gasteiger partial charge >= 0.3 is 0 Å². The summed E-state index contributed by atoms with van der Waals surface area (Å²) < 4.78 is 5.26. The molecule has 0 bridgehead atoms. The second-order valence-electron chi connectivity index (χ2n) is 4.12. The number of carbonyl (C=O) groups is 2. The summed E-state index contributed by atoms with van der Waals surface area (Å²) in [6.45, 7) is 1.29. The quantitative estimate of drug-likeness (QED) is 0.602. The Morgan fingerprint density at radius 2 is 2.44 bits per heavy atom. The Kier molecular flexibility index (Phi) is 3.40. The average molecular weight is 228 g/mol. The van der Waals surface area contributed by atoms with Crippen molar-refractivity contribution in [1.29, 1.82) is 0 Å². The van der Waals surface area contributed by atoms with Crippen LogP contribution in [0, 0.1) is 0 Å². The predicted octanol–water partition coefficient (Wildman–Crippen LogP) is -1.52. The first-order chi connectivity index (χ1) is 7.70. The highest BCUT2D eigenvalue weighted by atomic mass is 16.5. The molecule has 90 valence electrons. The number of morpholine rings is 1. The third-order valence-corrected chi connectivity index (χ3v) is 2.95. The van der Waals surface area contributed by atoms with Gasteiger partial charge < -0.3 is 20.1 Å². The van der Waals surface area contributed by atoms with E-state index in [2.05, 4.69) is 5.32 Å². The van der Waals surface area contributed by atoms with Gasteiger partial charge in [-0.1, -0.05) is 0 Å². The Labute approximate surface area is 93.6 Å². The lowest BCUT2D eigenvalue weighted by atomic mass is 10.2. The minimum atomic E-state index is -0.384. The van der Waals surface area contributed by atoms with Gasteiger partial charge in [-0.3, -0.25) is 9.59 Å². The predicted molar refractivity (Wildman–Crippen MR) is 54.6 cm³/mol. The highest BCUT2D eigenvalue weighted by molar-refractivity contribution is 5.90. The Balaban J connectivity index is 1.91. The SMILES string of the molecule is O=C1CC[C@H](C(=O)N2CCOC(CO)C2)N1. The Bertz CT molecular complexity index is 295. The van der Waals surface area contributed by atoms with E-state index >= 15 is 0 Å². The molecule has 2 fully saturated rings. The summed E-state index contributed by atoms with van der Waals surface area (Å²) in [5, 5.41) is 11.6. The molecule has 0 spiro atoms.